The SMILES string of the molecule is CC(C)(C)C1CCc2sc(C(=O)NNC(=O)C3CCN(C(=O)c4cccs4)CC3)cc2C1. The number of likely N-dealkylation sites (tertiary alicyclic amines) is 1. The van der Waals surface area contributed by atoms with E-state index >= 15 is 0 Å². The Hall–Kier alpha value is -2.19. The number of carbonyl (C=O) groups is 3. The molecular weight excluding hydrogens is 442 g/mol. The van der Waals surface area contributed by atoms with E-state index in [4.69, 9.17) is 0 Å². The Bertz CT molecular complexity index is 983. The monoisotopic (exact) mass is 473 g/mol. The van der Waals surface area contributed by atoms with Crippen molar-refractivity contribution >= 4 is 40.4 Å². The summed E-state index contributed by atoms with van der Waals surface area (Å²) >= 11 is 2.97. The van der Waals surface area contributed by atoms with E-state index in [1.54, 1.807) is 4.90 Å². The lowest BCUT2D eigenvalue weighted by molar-refractivity contribution is -0.127. The van der Waals surface area contributed by atoms with Crippen LogP contribution < -0.4 is 10.9 Å². The lowest BCUT2D eigenvalue weighted by Gasteiger charge is -2.33. The predicted molar refractivity (Wildman–Crippen MR) is 128 cm³/mol. The summed E-state index contributed by atoms with van der Waals surface area (Å²) in [5.41, 5.74) is 6.74. The van der Waals surface area contributed by atoms with E-state index in [9.17, 15) is 14.4 Å². The van der Waals surface area contributed by atoms with Crippen LogP contribution in [0.5, 0.6) is 0 Å². The lowest BCUT2D eigenvalue weighted by atomic mass is 9.72. The van der Waals surface area contributed by atoms with Gasteiger partial charge in [-0.3, -0.25) is 25.2 Å². The maximum absolute atomic E-state index is 12.6. The predicted octanol–water partition coefficient (Wildman–Crippen LogP) is 4.27. The van der Waals surface area contributed by atoms with Crippen molar-refractivity contribution in [3.63, 3.8) is 0 Å². The van der Waals surface area contributed by atoms with Gasteiger partial charge in [-0.05, 0) is 66.5 Å². The molecule has 0 saturated carbocycles. The second-order valence-corrected chi connectivity index (χ2v) is 11.9. The molecule has 3 amide bonds. The Labute approximate surface area is 197 Å². The number of hydrazine groups is 1. The first kappa shape index (κ1) is 23.0. The van der Waals surface area contributed by atoms with E-state index in [0.717, 1.165) is 24.1 Å². The highest BCUT2D eigenvalue weighted by Crippen LogP contribution is 2.40. The van der Waals surface area contributed by atoms with Crippen molar-refractivity contribution in [3.05, 3.63) is 43.8 Å². The Morgan fingerprint density at radius 2 is 1.81 bits per heavy atom. The van der Waals surface area contributed by atoms with Crippen LogP contribution in [0.25, 0.3) is 0 Å². The molecule has 1 fully saturated rings. The molecule has 172 valence electrons. The quantitative estimate of drug-likeness (QED) is 0.654. The van der Waals surface area contributed by atoms with E-state index in [1.807, 2.05) is 23.6 Å². The summed E-state index contributed by atoms with van der Waals surface area (Å²) in [5, 5.41) is 1.89. The van der Waals surface area contributed by atoms with Crippen LogP contribution in [0.3, 0.4) is 0 Å². The van der Waals surface area contributed by atoms with Gasteiger partial charge in [0.05, 0.1) is 9.75 Å². The van der Waals surface area contributed by atoms with Crippen molar-refractivity contribution in [2.24, 2.45) is 17.3 Å². The normalized spacial score (nSPS) is 19.3. The largest absolute Gasteiger partial charge is 0.338 e. The molecule has 1 atom stereocenters. The molecule has 0 spiro atoms. The molecule has 2 aromatic rings. The van der Waals surface area contributed by atoms with Crippen LogP contribution in [0.15, 0.2) is 23.6 Å². The fourth-order valence-electron chi connectivity index (χ4n) is 4.56. The Morgan fingerprint density at radius 1 is 1.06 bits per heavy atom. The molecule has 3 heterocycles. The van der Waals surface area contributed by atoms with Crippen LogP contribution in [0, 0.1) is 17.3 Å². The van der Waals surface area contributed by atoms with Crippen molar-refractivity contribution in [2.45, 2.75) is 52.9 Å². The highest BCUT2D eigenvalue weighted by atomic mass is 32.1. The molecule has 2 aromatic heterocycles. The summed E-state index contributed by atoms with van der Waals surface area (Å²) in [6.45, 7) is 7.94. The number of rotatable bonds is 3. The van der Waals surface area contributed by atoms with Crippen molar-refractivity contribution in [1.29, 1.82) is 0 Å². The van der Waals surface area contributed by atoms with Gasteiger partial charge in [0.25, 0.3) is 11.8 Å². The topological polar surface area (TPSA) is 78.5 Å². The maximum Gasteiger partial charge on any atom is 0.279 e. The van der Waals surface area contributed by atoms with Crippen LogP contribution in [0.1, 0.15) is 69.8 Å². The highest BCUT2D eigenvalue weighted by Gasteiger charge is 2.31. The molecule has 1 aliphatic heterocycles. The first-order chi connectivity index (χ1) is 15.2. The third-order valence-electron chi connectivity index (χ3n) is 6.72. The lowest BCUT2D eigenvalue weighted by Crippen LogP contribution is -2.48. The van der Waals surface area contributed by atoms with Gasteiger partial charge in [0.15, 0.2) is 0 Å². The van der Waals surface area contributed by atoms with Crippen molar-refractivity contribution in [3.8, 4) is 0 Å². The first-order valence-electron chi connectivity index (χ1n) is 11.3. The molecule has 2 N–H and O–H groups in total. The number of hydrogen-bond acceptors (Lipinski definition) is 5. The maximum atomic E-state index is 12.6. The van der Waals surface area contributed by atoms with Gasteiger partial charge in [-0.25, -0.2) is 0 Å². The molecular formula is C24H31N3O3S2. The van der Waals surface area contributed by atoms with Crippen LogP contribution in [-0.4, -0.2) is 35.7 Å². The van der Waals surface area contributed by atoms with Gasteiger partial charge in [-0.1, -0.05) is 26.8 Å². The molecule has 0 radical (unpaired) electrons. The fraction of sp³-hybridized carbons (Fsp3) is 0.542. The van der Waals surface area contributed by atoms with Gasteiger partial charge in [-0.15, -0.1) is 22.7 Å². The highest BCUT2D eigenvalue weighted by molar-refractivity contribution is 7.14. The second-order valence-electron chi connectivity index (χ2n) is 9.85. The third kappa shape index (κ3) is 5.07. The number of amides is 3. The standard InChI is InChI=1S/C24H31N3O3S2/c1-24(2,3)17-6-7-18-16(13-17)14-20(32-18)22(29)26-25-21(28)15-8-10-27(11-9-15)23(30)19-5-4-12-31-19/h4-5,12,14-15,17H,6-11,13H2,1-3H3,(H,25,28)(H,26,29). The summed E-state index contributed by atoms with van der Waals surface area (Å²) < 4.78 is 0. The fourth-order valence-corrected chi connectivity index (χ4v) is 6.35. The number of piperidine rings is 1. The molecule has 2 aliphatic rings. The molecule has 6 nitrogen and oxygen atoms in total. The molecule has 4 rings (SSSR count). The van der Waals surface area contributed by atoms with Crippen LogP contribution in [0.4, 0.5) is 0 Å². The van der Waals surface area contributed by atoms with Crippen LogP contribution >= 0.6 is 22.7 Å². The molecule has 0 bridgehead atoms. The zero-order valence-electron chi connectivity index (χ0n) is 18.9. The first-order valence-corrected chi connectivity index (χ1v) is 13.0. The summed E-state index contributed by atoms with van der Waals surface area (Å²) in [6, 6.07) is 5.69. The Kier molecular flexibility index (Phi) is 6.72. The number of carbonyl (C=O) groups excluding carboxylic acids is 3. The smallest absolute Gasteiger partial charge is 0.279 e. The van der Waals surface area contributed by atoms with Gasteiger partial charge in [0.1, 0.15) is 0 Å². The average Bonchev–Trinajstić information content (AvgIpc) is 3.45. The third-order valence-corrected chi connectivity index (χ3v) is 8.81. The second kappa shape index (κ2) is 9.35. The van der Waals surface area contributed by atoms with Gasteiger partial charge in [0.2, 0.25) is 5.91 Å². The van der Waals surface area contributed by atoms with Crippen molar-refractivity contribution < 1.29 is 14.4 Å². The zero-order chi connectivity index (χ0) is 22.9. The number of aryl methyl sites for hydroxylation is 1. The molecule has 8 heteroatoms. The number of hydrogen-bond donors (Lipinski definition) is 2. The van der Waals surface area contributed by atoms with Gasteiger partial charge in [-0.2, -0.15) is 0 Å². The van der Waals surface area contributed by atoms with Crippen molar-refractivity contribution in [2.75, 3.05) is 13.1 Å². The Morgan fingerprint density at radius 3 is 2.47 bits per heavy atom. The number of nitrogens with one attached hydrogen (secondary N) is 2. The van der Waals surface area contributed by atoms with Crippen LogP contribution in [0.2, 0.25) is 0 Å². The number of nitrogens with zero attached hydrogens (tertiary/aromatic N) is 1. The minimum Gasteiger partial charge on any atom is -0.338 e. The van der Waals surface area contributed by atoms with E-state index in [0.29, 0.717) is 36.7 Å². The van der Waals surface area contributed by atoms with Crippen LogP contribution in [-0.2, 0) is 17.6 Å². The minimum absolute atomic E-state index is 0.0301. The van der Waals surface area contributed by atoms with E-state index in [2.05, 4.69) is 31.6 Å². The zero-order valence-corrected chi connectivity index (χ0v) is 20.5. The summed E-state index contributed by atoms with van der Waals surface area (Å²) in [5.74, 6) is 0.0122. The van der Waals surface area contributed by atoms with Gasteiger partial charge < -0.3 is 4.90 Å². The summed E-state index contributed by atoms with van der Waals surface area (Å²) in [6.07, 6.45) is 4.38. The van der Waals surface area contributed by atoms with E-state index in [-0.39, 0.29) is 29.1 Å². The van der Waals surface area contributed by atoms with Crippen molar-refractivity contribution in [1.82, 2.24) is 15.8 Å². The van der Waals surface area contributed by atoms with E-state index in [1.165, 1.54) is 33.1 Å². The average molecular weight is 474 g/mol. The Balaban J connectivity index is 1.26. The molecule has 1 unspecified atom stereocenters. The number of thiophene rings is 2. The van der Waals surface area contributed by atoms with Gasteiger partial charge in [0, 0.05) is 23.9 Å². The molecule has 1 aliphatic carbocycles. The van der Waals surface area contributed by atoms with E-state index < -0.39 is 0 Å². The molecule has 0 aromatic carbocycles. The summed E-state index contributed by atoms with van der Waals surface area (Å²) in [4.78, 5) is 42.1. The minimum atomic E-state index is -0.254. The summed E-state index contributed by atoms with van der Waals surface area (Å²) in [7, 11) is 0. The molecule has 32 heavy (non-hydrogen) atoms. The molecule has 1 saturated heterocycles. The van der Waals surface area contributed by atoms with Gasteiger partial charge >= 0.3 is 0 Å². The number of fused-ring (bicyclic) bond motifs is 1.